The quantitative estimate of drug-likeness (QED) is 0.483. The Morgan fingerprint density at radius 1 is 1.22 bits per heavy atom. The smallest absolute Gasteiger partial charge is 0.266 e. The zero-order valence-corrected chi connectivity index (χ0v) is 18.0. The van der Waals surface area contributed by atoms with Crippen LogP contribution in [0.15, 0.2) is 50.2 Å². The van der Waals surface area contributed by atoms with E-state index in [9.17, 15) is 13.2 Å². The van der Waals surface area contributed by atoms with Crippen molar-refractivity contribution < 1.29 is 17.6 Å². The van der Waals surface area contributed by atoms with Gasteiger partial charge in [0.1, 0.15) is 15.8 Å². The largest absolute Gasteiger partial charge is 0.457 e. The Bertz CT molecular complexity index is 1060. The second kappa shape index (κ2) is 7.20. The molecule has 1 aromatic carbocycles. The Morgan fingerprint density at radius 3 is 2.63 bits per heavy atom. The van der Waals surface area contributed by atoms with Gasteiger partial charge in [0.25, 0.3) is 5.91 Å². The number of sulfone groups is 1. The van der Waals surface area contributed by atoms with E-state index in [4.69, 9.17) is 16.6 Å². The van der Waals surface area contributed by atoms with E-state index in [0.717, 1.165) is 10.0 Å². The molecule has 0 saturated carbocycles. The van der Waals surface area contributed by atoms with Gasteiger partial charge in [-0.15, -0.1) is 0 Å². The van der Waals surface area contributed by atoms with E-state index in [-0.39, 0.29) is 23.5 Å². The minimum atomic E-state index is -3.09. The fraction of sp³-hybridized carbons (Fsp3) is 0.222. The van der Waals surface area contributed by atoms with Crippen LogP contribution in [0.5, 0.6) is 0 Å². The average molecular weight is 484 g/mol. The maximum atomic E-state index is 12.7. The molecule has 1 aromatic heterocycles. The first-order valence-corrected chi connectivity index (χ1v) is 12.0. The molecular formula is C18H14BrNO4S3. The lowest BCUT2D eigenvalue weighted by atomic mass is 10.2. The van der Waals surface area contributed by atoms with Gasteiger partial charge >= 0.3 is 0 Å². The summed E-state index contributed by atoms with van der Waals surface area (Å²) >= 11 is 9.89. The van der Waals surface area contributed by atoms with E-state index in [1.165, 1.54) is 16.7 Å². The number of benzene rings is 1. The Labute approximate surface area is 174 Å². The van der Waals surface area contributed by atoms with Crippen molar-refractivity contribution >= 4 is 66.1 Å². The third-order valence-corrected chi connectivity index (χ3v) is 8.04. The topological polar surface area (TPSA) is 67.6 Å². The van der Waals surface area contributed by atoms with Gasteiger partial charge < -0.3 is 4.42 Å². The Balaban J connectivity index is 1.56. The number of halogens is 1. The van der Waals surface area contributed by atoms with Crippen molar-refractivity contribution in [2.24, 2.45) is 0 Å². The number of thiocarbonyl (C=S) groups is 1. The second-order valence-electron chi connectivity index (χ2n) is 6.32. The summed E-state index contributed by atoms with van der Waals surface area (Å²) in [5.41, 5.74) is 0.932. The second-order valence-corrected chi connectivity index (χ2v) is 11.1. The van der Waals surface area contributed by atoms with Crippen molar-refractivity contribution in [3.63, 3.8) is 0 Å². The molecule has 27 heavy (non-hydrogen) atoms. The highest BCUT2D eigenvalue weighted by molar-refractivity contribution is 9.10. The fourth-order valence-corrected chi connectivity index (χ4v) is 6.45. The molecule has 0 bridgehead atoms. The molecule has 0 aliphatic carbocycles. The molecule has 0 spiro atoms. The number of hydrogen-bond donors (Lipinski definition) is 0. The molecule has 1 atom stereocenters. The van der Waals surface area contributed by atoms with Crippen LogP contribution >= 0.6 is 39.9 Å². The molecule has 2 fully saturated rings. The minimum absolute atomic E-state index is 0.0266. The molecule has 3 heterocycles. The average Bonchev–Trinajstić information content (AvgIpc) is 3.28. The van der Waals surface area contributed by atoms with Crippen LogP contribution in [0.3, 0.4) is 0 Å². The standard InChI is InChI=1S/C18H14BrNO4S3/c19-12-3-1-11(2-4-12)15-6-5-14(24-15)9-16-17(21)20(18(25)26-16)13-7-8-27(22,23)10-13/h1-6,9,13H,7-8,10H2/b16-9+. The van der Waals surface area contributed by atoms with E-state index < -0.39 is 9.84 Å². The summed E-state index contributed by atoms with van der Waals surface area (Å²) in [4.78, 5) is 14.6. The molecule has 1 unspecified atom stereocenters. The molecule has 4 rings (SSSR count). The summed E-state index contributed by atoms with van der Waals surface area (Å²) in [6.07, 6.45) is 2.08. The van der Waals surface area contributed by atoms with E-state index >= 15 is 0 Å². The zero-order valence-electron chi connectivity index (χ0n) is 13.9. The van der Waals surface area contributed by atoms with E-state index in [2.05, 4.69) is 15.9 Å². The molecule has 2 aliphatic heterocycles. The number of hydrogen-bond acceptors (Lipinski definition) is 6. The predicted octanol–water partition coefficient (Wildman–Crippen LogP) is 4.10. The lowest BCUT2D eigenvalue weighted by Gasteiger charge is -2.20. The number of amides is 1. The number of carbonyl (C=O) groups is 1. The normalized spacial score (nSPS) is 23.5. The summed E-state index contributed by atoms with van der Waals surface area (Å²) < 4.78 is 30.7. The maximum absolute atomic E-state index is 12.7. The molecule has 2 saturated heterocycles. The Kier molecular flexibility index (Phi) is 5.04. The third kappa shape index (κ3) is 3.91. The minimum Gasteiger partial charge on any atom is -0.457 e. The summed E-state index contributed by atoms with van der Waals surface area (Å²) in [7, 11) is -3.09. The number of rotatable bonds is 3. The van der Waals surface area contributed by atoms with Crippen molar-refractivity contribution in [2.45, 2.75) is 12.5 Å². The Hall–Kier alpha value is -1.42. The van der Waals surface area contributed by atoms with Crippen molar-refractivity contribution in [3.05, 3.63) is 51.5 Å². The van der Waals surface area contributed by atoms with E-state index in [1.807, 2.05) is 30.3 Å². The molecule has 2 aromatic rings. The van der Waals surface area contributed by atoms with E-state index in [0.29, 0.717) is 27.2 Å². The van der Waals surface area contributed by atoms with Gasteiger partial charge in [0.15, 0.2) is 9.84 Å². The third-order valence-electron chi connectivity index (χ3n) is 4.43. The summed E-state index contributed by atoms with van der Waals surface area (Å²) in [5.74, 6) is 1.07. The number of nitrogens with zero attached hydrogens (tertiary/aromatic N) is 1. The zero-order chi connectivity index (χ0) is 19.2. The Morgan fingerprint density at radius 2 is 1.96 bits per heavy atom. The van der Waals surface area contributed by atoms with Crippen molar-refractivity contribution in [1.29, 1.82) is 0 Å². The van der Waals surface area contributed by atoms with Crippen molar-refractivity contribution in [2.75, 3.05) is 11.5 Å². The van der Waals surface area contributed by atoms with Gasteiger partial charge in [-0.25, -0.2) is 8.42 Å². The number of furan rings is 1. The lowest BCUT2D eigenvalue weighted by molar-refractivity contribution is -0.123. The van der Waals surface area contributed by atoms with Crippen LogP contribution in [0, 0.1) is 0 Å². The fourth-order valence-electron chi connectivity index (χ4n) is 3.10. The highest BCUT2D eigenvalue weighted by atomic mass is 79.9. The number of thioether (sulfide) groups is 1. The highest BCUT2D eigenvalue weighted by Gasteiger charge is 2.42. The van der Waals surface area contributed by atoms with E-state index in [1.54, 1.807) is 12.1 Å². The van der Waals surface area contributed by atoms with Gasteiger partial charge in [-0.2, -0.15) is 0 Å². The highest BCUT2D eigenvalue weighted by Crippen LogP contribution is 2.37. The molecule has 9 heteroatoms. The van der Waals surface area contributed by atoms with Crippen LogP contribution in [0.4, 0.5) is 0 Å². The summed E-state index contributed by atoms with van der Waals surface area (Å²) in [6.45, 7) is 0. The van der Waals surface area contributed by atoms with Gasteiger partial charge in [0.2, 0.25) is 0 Å². The van der Waals surface area contributed by atoms with Crippen LogP contribution in [-0.2, 0) is 14.6 Å². The number of carbonyl (C=O) groups excluding carboxylic acids is 1. The first-order chi connectivity index (χ1) is 12.8. The first-order valence-electron chi connectivity index (χ1n) is 8.16. The first kappa shape index (κ1) is 18.9. The van der Waals surface area contributed by atoms with Gasteiger partial charge in [0, 0.05) is 16.1 Å². The van der Waals surface area contributed by atoms with Crippen molar-refractivity contribution in [3.8, 4) is 11.3 Å². The van der Waals surface area contributed by atoms with Gasteiger partial charge in [-0.05, 0) is 30.7 Å². The van der Waals surface area contributed by atoms with Gasteiger partial charge in [0.05, 0.1) is 22.5 Å². The molecule has 5 nitrogen and oxygen atoms in total. The van der Waals surface area contributed by atoms with Crippen LogP contribution in [-0.4, -0.2) is 41.1 Å². The van der Waals surface area contributed by atoms with Crippen LogP contribution in [0.2, 0.25) is 0 Å². The molecular weight excluding hydrogens is 470 g/mol. The molecule has 140 valence electrons. The molecule has 0 radical (unpaired) electrons. The molecule has 0 N–H and O–H groups in total. The van der Waals surface area contributed by atoms with Crippen LogP contribution in [0.1, 0.15) is 12.2 Å². The summed E-state index contributed by atoms with van der Waals surface area (Å²) in [6, 6.07) is 11.0. The van der Waals surface area contributed by atoms with Crippen LogP contribution < -0.4 is 0 Å². The predicted molar refractivity (Wildman–Crippen MR) is 114 cm³/mol. The lowest BCUT2D eigenvalue weighted by Crippen LogP contribution is -2.39. The SMILES string of the molecule is O=C1/C(=C\c2ccc(-c3ccc(Br)cc3)o2)SC(=S)N1C1CCS(=O)(=O)C1. The summed E-state index contributed by atoms with van der Waals surface area (Å²) in [5, 5.41) is 0. The molecule has 2 aliphatic rings. The monoisotopic (exact) mass is 483 g/mol. The molecule has 1 amide bonds. The van der Waals surface area contributed by atoms with Crippen molar-refractivity contribution in [1.82, 2.24) is 4.90 Å². The van der Waals surface area contributed by atoms with Gasteiger partial charge in [-0.3, -0.25) is 9.69 Å². The van der Waals surface area contributed by atoms with Gasteiger partial charge in [-0.1, -0.05) is 52.0 Å². The van der Waals surface area contributed by atoms with Crippen LogP contribution in [0.25, 0.3) is 17.4 Å². The maximum Gasteiger partial charge on any atom is 0.266 e.